The highest BCUT2D eigenvalue weighted by atomic mass is 16.4. The van der Waals surface area contributed by atoms with Crippen LogP contribution in [0.1, 0.15) is 26.7 Å². The topological polar surface area (TPSA) is 98.7 Å². The van der Waals surface area contributed by atoms with E-state index in [1.807, 2.05) is 7.05 Å². The van der Waals surface area contributed by atoms with Crippen molar-refractivity contribution in [3.8, 4) is 0 Å². The van der Waals surface area contributed by atoms with Gasteiger partial charge in [0, 0.05) is 24.2 Å². The first-order valence-corrected chi connectivity index (χ1v) is 6.99. The van der Waals surface area contributed by atoms with Gasteiger partial charge in [-0.2, -0.15) is 0 Å². The fourth-order valence-corrected chi connectivity index (χ4v) is 2.25. The summed E-state index contributed by atoms with van der Waals surface area (Å²) in [7, 11) is 2.04. The van der Waals surface area contributed by atoms with Gasteiger partial charge in [-0.05, 0) is 46.2 Å². The minimum absolute atomic E-state index is 0.0232. The SMILES string of the molecule is CC(C(=O)O)=C(C)C(=O)NC(=O)NCC1CCCN(C)C1. The summed E-state index contributed by atoms with van der Waals surface area (Å²) in [5.74, 6) is -1.48. The molecule has 118 valence electrons. The van der Waals surface area contributed by atoms with Gasteiger partial charge in [0.05, 0.1) is 0 Å². The van der Waals surface area contributed by atoms with Crippen molar-refractivity contribution < 1.29 is 19.5 Å². The third kappa shape index (κ3) is 5.55. The average Bonchev–Trinajstić information content (AvgIpc) is 2.43. The van der Waals surface area contributed by atoms with Crippen LogP contribution in [-0.4, -0.2) is 54.6 Å². The van der Waals surface area contributed by atoms with Gasteiger partial charge in [0.15, 0.2) is 0 Å². The van der Waals surface area contributed by atoms with Gasteiger partial charge in [-0.1, -0.05) is 0 Å². The molecule has 0 saturated carbocycles. The molecule has 0 aromatic heterocycles. The second-order valence-electron chi connectivity index (χ2n) is 5.49. The summed E-state index contributed by atoms with van der Waals surface area (Å²) in [6, 6.07) is -0.592. The van der Waals surface area contributed by atoms with E-state index in [-0.39, 0.29) is 11.1 Å². The van der Waals surface area contributed by atoms with E-state index in [1.165, 1.54) is 13.8 Å². The van der Waals surface area contributed by atoms with Crippen LogP contribution in [0.3, 0.4) is 0 Å². The van der Waals surface area contributed by atoms with Gasteiger partial charge < -0.3 is 15.3 Å². The van der Waals surface area contributed by atoms with Crippen LogP contribution >= 0.6 is 0 Å². The molecule has 7 heteroatoms. The Morgan fingerprint density at radius 1 is 1.24 bits per heavy atom. The molecule has 0 spiro atoms. The number of nitrogens with one attached hydrogen (secondary N) is 2. The van der Waals surface area contributed by atoms with Gasteiger partial charge in [0.2, 0.25) is 0 Å². The summed E-state index contributed by atoms with van der Waals surface area (Å²) >= 11 is 0. The Bertz CT molecular complexity index is 459. The van der Waals surface area contributed by atoms with Crippen molar-refractivity contribution in [1.29, 1.82) is 0 Å². The van der Waals surface area contributed by atoms with Crippen molar-refractivity contribution in [1.82, 2.24) is 15.5 Å². The molecule has 1 saturated heterocycles. The predicted molar refractivity (Wildman–Crippen MR) is 77.8 cm³/mol. The fraction of sp³-hybridized carbons (Fsp3) is 0.643. The predicted octanol–water partition coefficient (Wildman–Crippen LogP) is 0.575. The number of carboxylic acids is 1. The Hall–Kier alpha value is -1.89. The van der Waals surface area contributed by atoms with Crippen molar-refractivity contribution in [2.24, 2.45) is 5.92 Å². The Morgan fingerprint density at radius 3 is 2.48 bits per heavy atom. The number of carbonyl (C=O) groups excluding carboxylic acids is 2. The number of piperidine rings is 1. The zero-order valence-electron chi connectivity index (χ0n) is 12.7. The van der Waals surface area contributed by atoms with Gasteiger partial charge in [-0.15, -0.1) is 0 Å². The minimum Gasteiger partial charge on any atom is -0.478 e. The maximum atomic E-state index is 11.7. The molecular weight excluding hydrogens is 274 g/mol. The summed E-state index contributed by atoms with van der Waals surface area (Å²) in [6.07, 6.45) is 2.15. The third-order valence-electron chi connectivity index (χ3n) is 3.72. The molecular formula is C14H23N3O4. The van der Waals surface area contributed by atoms with E-state index in [2.05, 4.69) is 15.5 Å². The van der Waals surface area contributed by atoms with Crippen molar-refractivity contribution in [3.05, 3.63) is 11.1 Å². The van der Waals surface area contributed by atoms with Crippen LogP contribution in [0.5, 0.6) is 0 Å². The number of hydrogen-bond donors (Lipinski definition) is 3. The Kier molecular flexibility index (Phi) is 6.36. The molecule has 1 rings (SSSR count). The molecule has 0 aliphatic carbocycles. The lowest BCUT2D eigenvalue weighted by Crippen LogP contribution is -2.44. The van der Waals surface area contributed by atoms with Crippen molar-refractivity contribution in [2.45, 2.75) is 26.7 Å². The monoisotopic (exact) mass is 297 g/mol. The number of amides is 3. The molecule has 1 aliphatic heterocycles. The molecule has 1 aliphatic rings. The number of carbonyl (C=O) groups is 3. The number of aliphatic carboxylic acids is 1. The molecule has 3 N–H and O–H groups in total. The molecule has 3 amide bonds. The van der Waals surface area contributed by atoms with Crippen LogP contribution in [0.2, 0.25) is 0 Å². The highest BCUT2D eigenvalue weighted by molar-refractivity contribution is 6.07. The molecule has 0 aromatic carbocycles. The smallest absolute Gasteiger partial charge is 0.331 e. The number of urea groups is 1. The van der Waals surface area contributed by atoms with Gasteiger partial charge in [0.1, 0.15) is 0 Å². The lowest BCUT2D eigenvalue weighted by molar-refractivity contribution is -0.133. The standard InChI is InChI=1S/C14H23N3O4/c1-9(10(2)13(19)20)12(18)16-14(21)15-7-11-5-4-6-17(3)8-11/h11H,4-8H2,1-3H3,(H,19,20)(H2,15,16,18,21). The normalized spacial score (nSPS) is 20.4. The van der Waals surface area contributed by atoms with Crippen LogP contribution in [0, 0.1) is 5.92 Å². The van der Waals surface area contributed by atoms with Crippen molar-refractivity contribution >= 4 is 17.9 Å². The van der Waals surface area contributed by atoms with Crippen LogP contribution in [0.4, 0.5) is 4.79 Å². The summed E-state index contributed by atoms with van der Waals surface area (Å²) < 4.78 is 0. The summed E-state index contributed by atoms with van der Waals surface area (Å²) in [6.45, 7) is 5.20. The number of carboxylic acid groups (broad SMARTS) is 1. The maximum Gasteiger partial charge on any atom is 0.331 e. The molecule has 0 bridgehead atoms. The second-order valence-corrected chi connectivity index (χ2v) is 5.49. The highest BCUT2D eigenvalue weighted by Crippen LogP contribution is 2.13. The molecule has 0 aromatic rings. The first-order chi connectivity index (χ1) is 9.81. The number of imide groups is 1. The first-order valence-electron chi connectivity index (χ1n) is 6.99. The first kappa shape index (κ1) is 17.2. The van der Waals surface area contributed by atoms with Gasteiger partial charge >= 0.3 is 12.0 Å². The van der Waals surface area contributed by atoms with E-state index in [0.29, 0.717) is 12.5 Å². The Balaban J connectivity index is 2.41. The number of nitrogens with zero attached hydrogens (tertiary/aromatic N) is 1. The third-order valence-corrected chi connectivity index (χ3v) is 3.72. The Labute approximate surface area is 124 Å². The quantitative estimate of drug-likeness (QED) is 0.659. The molecule has 1 unspecified atom stereocenters. The largest absolute Gasteiger partial charge is 0.478 e. The van der Waals surface area contributed by atoms with E-state index >= 15 is 0 Å². The zero-order valence-corrected chi connectivity index (χ0v) is 12.7. The minimum atomic E-state index is -1.17. The summed E-state index contributed by atoms with van der Waals surface area (Å²) in [4.78, 5) is 36.3. The molecule has 1 atom stereocenters. The number of likely N-dealkylation sites (tertiary alicyclic amines) is 1. The Morgan fingerprint density at radius 2 is 1.90 bits per heavy atom. The molecule has 7 nitrogen and oxygen atoms in total. The zero-order chi connectivity index (χ0) is 16.0. The number of hydrogen-bond acceptors (Lipinski definition) is 4. The average molecular weight is 297 g/mol. The van der Waals surface area contributed by atoms with Gasteiger partial charge in [0.25, 0.3) is 5.91 Å². The molecule has 1 fully saturated rings. The summed E-state index contributed by atoms with van der Waals surface area (Å²) in [5.41, 5.74) is -0.0516. The molecule has 0 radical (unpaired) electrons. The highest BCUT2D eigenvalue weighted by Gasteiger charge is 2.19. The summed E-state index contributed by atoms with van der Waals surface area (Å²) in [5, 5.41) is 13.6. The lowest BCUT2D eigenvalue weighted by atomic mass is 9.99. The van der Waals surface area contributed by atoms with Crippen LogP contribution < -0.4 is 10.6 Å². The van der Waals surface area contributed by atoms with Crippen molar-refractivity contribution in [3.63, 3.8) is 0 Å². The lowest BCUT2D eigenvalue weighted by Gasteiger charge is -2.29. The van der Waals surface area contributed by atoms with E-state index in [0.717, 1.165) is 25.9 Å². The van der Waals surface area contributed by atoms with Crippen LogP contribution in [-0.2, 0) is 9.59 Å². The van der Waals surface area contributed by atoms with E-state index in [1.54, 1.807) is 0 Å². The maximum absolute atomic E-state index is 11.7. The van der Waals surface area contributed by atoms with Crippen LogP contribution in [0.25, 0.3) is 0 Å². The van der Waals surface area contributed by atoms with E-state index < -0.39 is 17.9 Å². The number of rotatable bonds is 4. The van der Waals surface area contributed by atoms with Gasteiger partial charge in [-0.25, -0.2) is 9.59 Å². The fourth-order valence-electron chi connectivity index (χ4n) is 2.25. The van der Waals surface area contributed by atoms with E-state index in [9.17, 15) is 14.4 Å². The van der Waals surface area contributed by atoms with E-state index in [4.69, 9.17) is 5.11 Å². The van der Waals surface area contributed by atoms with Crippen LogP contribution in [0.15, 0.2) is 11.1 Å². The molecule has 21 heavy (non-hydrogen) atoms. The molecule has 1 heterocycles. The van der Waals surface area contributed by atoms with Crippen molar-refractivity contribution in [2.75, 3.05) is 26.7 Å². The second kappa shape index (κ2) is 7.78. The van der Waals surface area contributed by atoms with Gasteiger partial charge in [-0.3, -0.25) is 10.1 Å².